The minimum Gasteiger partial charge on any atom is -0.497 e. The lowest BCUT2D eigenvalue weighted by atomic mass is 9.89. The maximum atomic E-state index is 13.0. The first-order chi connectivity index (χ1) is 27.3. The molecule has 2 N–H and O–H groups in total. The molecule has 13 heteroatoms. The minimum absolute atomic E-state index is 0.0305. The summed E-state index contributed by atoms with van der Waals surface area (Å²) < 4.78 is 18.4. The monoisotopic (exact) mass is 761 g/mol. The van der Waals surface area contributed by atoms with E-state index in [0.717, 1.165) is 85.4 Å². The number of rotatable bonds is 19. The molecule has 5 aromatic rings. The molecular weight excluding hydrogens is 711 g/mol. The standard InChI is InChI=1S/C43H51N7O6/c1-54-33-15-16-37-30(25-33)24-31(45-37)17-19-44-41(51)14-9-21-49-28-32(46-47-49)10-6-7-20-48-23-18-29-26-39(55-2)40(56-3)27-36(29)38(48)13-8-22-50-42(52)34-11-4-5-12-35(34)43(50)53/h4-5,11-12,15-16,24-28,38,45H,6-10,13-14,17-23H2,1-3H3,(H,44,51). The number of nitrogens with zero attached hydrogens (tertiary/aromatic N) is 5. The molecule has 0 radical (unpaired) electrons. The zero-order chi connectivity index (χ0) is 39.0. The smallest absolute Gasteiger partial charge is 0.261 e. The summed E-state index contributed by atoms with van der Waals surface area (Å²) in [5.74, 6) is 1.85. The Bertz CT molecular complexity index is 2140. The Hall–Kier alpha value is -5.69. The first-order valence-corrected chi connectivity index (χ1v) is 19.6. The lowest BCUT2D eigenvalue weighted by Gasteiger charge is -2.38. The molecule has 0 saturated carbocycles. The van der Waals surface area contributed by atoms with E-state index in [1.165, 1.54) is 16.0 Å². The molecular formula is C43H51N7O6. The third-order valence-electron chi connectivity index (χ3n) is 11.0. The van der Waals surface area contributed by atoms with Crippen LogP contribution in [0.15, 0.2) is 66.9 Å². The van der Waals surface area contributed by atoms with Crippen LogP contribution in [0.5, 0.6) is 17.2 Å². The quantitative estimate of drug-likeness (QED) is 0.0774. The summed E-state index contributed by atoms with van der Waals surface area (Å²) >= 11 is 0. The lowest BCUT2D eigenvalue weighted by molar-refractivity contribution is -0.121. The molecule has 2 aromatic heterocycles. The Labute approximate surface area is 327 Å². The van der Waals surface area contributed by atoms with Crippen LogP contribution in [0.4, 0.5) is 0 Å². The SMILES string of the molecule is COc1ccc2[nH]c(CCNC(=O)CCCn3cc(CCCCN4CCc5cc(OC)c(OC)cc5C4CCCN4C(=O)c5ccccc5C4=O)nn3)cc2c1. The molecule has 56 heavy (non-hydrogen) atoms. The maximum Gasteiger partial charge on any atom is 0.261 e. The van der Waals surface area contributed by atoms with Gasteiger partial charge in [0.15, 0.2) is 11.5 Å². The van der Waals surface area contributed by atoms with E-state index in [2.05, 4.69) is 43.7 Å². The van der Waals surface area contributed by atoms with Gasteiger partial charge in [-0.05, 0) is 111 Å². The number of hydrogen-bond donors (Lipinski definition) is 2. The van der Waals surface area contributed by atoms with Crippen molar-refractivity contribution >= 4 is 28.6 Å². The van der Waals surface area contributed by atoms with Crippen LogP contribution in [0.2, 0.25) is 0 Å². The summed E-state index contributed by atoms with van der Waals surface area (Å²) in [5.41, 5.74) is 6.49. The average molecular weight is 762 g/mol. The van der Waals surface area contributed by atoms with Gasteiger partial charge >= 0.3 is 0 Å². The van der Waals surface area contributed by atoms with E-state index in [9.17, 15) is 14.4 Å². The van der Waals surface area contributed by atoms with Crippen molar-refractivity contribution in [2.24, 2.45) is 0 Å². The van der Waals surface area contributed by atoms with Gasteiger partial charge < -0.3 is 24.5 Å². The van der Waals surface area contributed by atoms with Crippen molar-refractivity contribution in [3.8, 4) is 17.2 Å². The fraction of sp³-hybridized carbons (Fsp3) is 0.419. The van der Waals surface area contributed by atoms with E-state index in [-0.39, 0.29) is 23.8 Å². The van der Waals surface area contributed by atoms with Crippen LogP contribution < -0.4 is 19.5 Å². The van der Waals surface area contributed by atoms with Gasteiger partial charge in [-0.15, -0.1) is 5.10 Å². The molecule has 0 saturated heterocycles. The number of imide groups is 1. The van der Waals surface area contributed by atoms with Crippen LogP contribution in [-0.2, 0) is 30.6 Å². The highest BCUT2D eigenvalue weighted by Crippen LogP contribution is 2.40. The number of aromatic amines is 1. The number of amides is 3. The van der Waals surface area contributed by atoms with Crippen molar-refractivity contribution < 1.29 is 28.6 Å². The topological polar surface area (TPSA) is 144 Å². The molecule has 2 aliphatic heterocycles. The highest BCUT2D eigenvalue weighted by atomic mass is 16.5. The number of carbonyl (C=O) groups excluding carboxylic acids is 3. The zero-order valence-corrected chi connectivity index (χ0v) is 32.5. The first kappa shape index (κ1) is 38.6. The van der Waals surface area contributed by atoms with E-state index >= 15 is 0 Å². The molecule has 7 rings (SSSR count). The maximum absolute atomic E-state index is 13.0. The summed E-state index contributed by atoms with van der Waals surface area (Å²) in [6, 6.07) is 19.4. The molecule has 1 unspecified atom stereocenters. The van der Waals surface area contributed by atoms with Gasteiger partial charge in [0.2, 0.25) is 5.91 Å². The van der Waals surface area contributed by atoms with Crippen molar-refractivity contribution in [2.75, 3.05) is 47.5 Å². The lowest BCUT2D eigenvalue weighted by Crippen LogP contribution is -2.37. The number of aromatic nitrogens is 4. The number of hydrogen-bond acceptors (Lipinski definition) is 9. The number of nitrogens with one attached hydrogen (secondary N) is 2. The molecule has 294 valence electrons. The summed E-state index contributed by atoms with van der Waals surface area (Å²) in [5, 5.41) is 12.8. The van der Waals surface area contributed by atoms with E-state index in [1.807, 2.05) is 29.1 Å². The number of fused-ring (bicyclic) bond motifs is 3. The van der Waals surface area contributed by atoms with Crippen LogP contribution in [0.25, 0.3) is 10.9 Å². The molecule has 13 nitrogen and oxygen atoms in total. The fourth-order valence-electron chi connectivity index (χ4n) is 8.01. The van der Waals surface area contributed by atoms with Crippen molar-refractivity contribution in [1.82, 2.24) is 35.1 Å². The molecule has 2 aliphatic rings. The number of methoxy groups -OCH3 is 3. The Balaban J connectivity index is 0.859. The predicted molar refractivity (Wildman–Crippen MR) is 212 cm³/mol. The summed E-state index contributed by atoms with van der Waals surface area (Å²) in [7, 11) is 4.97. The number of ether oxygens (including phenoxy) is 3. The van der Waals surface area contributed by atoms with Gasteiger partial charge in [-0.25, -0.2) is 0 Å². The molecule has 3 amide bonds. The number of aryl methyl sites for hydroxylation is 2. The Kier molecular flexibility index (Phi) is 12.3. The van der Waals surface area contributed by atoms with E-state index in [0.29, 0.717) is 55.8 Å². The highest BCUT2D eigenvalue weighted by Gasteiger charge is 2.35. The second-order valence-electron chi connectivity index (χ2n) is 14.5. The first-order valence-electron chi connectivity index (χ1n) is 19.6. The van der Waals surface area contributed by atoms with Crippen molar-refractivity contribution in [1.29, 1.82) is 0 Å². The average Bonchev–Trinajstić information content (AvgIpc) is 3.92. The van der Waals surface area contributed by atoms with Gasteiger partial charge in [0.1, 0.15) is 5.75 Å². The Morgan fingerprint density at radius 3 is 2.41 bits per heavy atom. The minimum atomic E-state index is -0.212. The number of H-pyrrole nitrogens is 1. The van der Waals surface area contributed by atoms with Crippen LogP contribution >= 0.6 is 0 Å². The molecule has 4 heterocycles. The second-order valence-corrected chi connectivity index (χ2v) is 14.5. The largest absolute Gasteiger partial charge is 0.497 e. The van der Waals surface area contributed by atoms with Crippen molar-refractivity contribution in [2.45, 2.75) is 70.4 Å². The van der Waals surface area contributed by atoms with Crippen LogP contribution in [0, 0.1) is 0 Å². The Morgan fingerprint density at radius 1 is 0.857 bits per heavy atom. The van der Waals surface area contributed by atoms with Gasteiger partial charge in [-0.1, -0.05) is 17.3 Å². The highest BCUT2D eigenvalue weighted by molar-refractivity contribution is 6.21. The van der Waals surface area contributed by atoms with Gasteiger partial charge in [0.25, 0.3) is 11.8 Å². The third kappa shape index (κ3) is 8.73. The molecule has 0 bridgehead atoms. The summed E-state index contributed by atoms with van der Waals surface area (Å²) in [4.78, 5) is 45.9. The van der Waals surface area contributed by atoms with Gasteiger partial charge in [0.05, 0.1) is 38.2 Å². The van der Waals surface area contributed by atoms with E-state index < -0.39 is 0 Å². The van der Waals surface area contributed by atoms with Crippen molar-refractivity contribution in [3.63, 3.8) is 0 Å². The zero-order valence-electron chi connectivity index (χ0n) is 32.5. The van der Waals surface area contributed by atoms with E-state index in [4.69, 9.17) is 14.2 Å². The molecule has 0 spiro atoms. The van der Waals surface area contributed by atoms with Crippen LogP contribution in [0.3, 0.4) is 0 Å². The summed E-state index contributed by atoms with van der Waals surface area (Å²) in [6.45, 7) is 3.39. The second kappa shape index (κ2) is 17.8. The Morgan fingerprint density at radius 2 is 1.64 bits per heavy atom. The van der Waals surface area contributed by atoms with Crippen LogP contribution in [0.1, 0.15) is 87.8 Å². The van der Waals surface area contributed by atoms with Crippen molar-refractivity contribution in [3.05, 3.63) is 101 Å². The summed E-state index contributed by atoms with van der Waals surface area (Å²) in [6.07, 6.45) is 8.97. The molecule has 0 aliphatic carbocycles. The van der Waals surface area contributed by atoms with Gasteiger partial charge in [0, 0.05) is 67.9 Å². The van der Waals surface area contributed by atoms with E-state index in [1.54, 1.807) is 45.6 Å². The van der Waals surface area contributed by atoms with Crippen LogP contribution in [-0.4, -0.2) is 95.0 Å². The van der Waals surface area contributed by atoms with Gasteiger partial charge in [-0.3, -0.25) is 28.9 Å². The predicted octanol–water partition coefficient (Wildman–Crippen LogP) is 5.92. The molecule has 1 atom stereocenters. The molecule has 0 fully saturated rings. The number of unbranched alkanes of at least 4 members (excludes halogenated alkanes) is 1. The molecule has 3 aromatic carbocycles. The van der Waals surface area contributed by atoms with Gasteiger partial charge in [-0.2, -0.15) is 0 Å². The fourth-order valence-corrected chi connectivity index (χ4v) is 8.01. The third-order valence-corrected chi connectivity index (χ3v) is 11.0. The number of benzene rings is 3. The number of carbonyl (C=O) groups is 3. The normalized spacial score (nSPS) is 15.3.